The zero-order valence-electron chi connectivity index (χ0n) is 18.7. The standard InChI is InChI=1S/C24H24ClFN2O4S/c1-16-5-12-22(32-4)23(13-16)33(30,31)28(20-9-6-17(2)21(25)14-20)15-24(29)27(3)19-10-7-18(26)8-11-19/h5-14H,15H2,1-4H3. The first-order valence-corrected chi connectivity index (χ1v) is 11.8. The summed E-state index contributed by atoms with van der Waals surface area (Å²) < 4.78 is 47.1. The van der Waals surface area contributed by atoms with Crippen molar-refractivity contribution in [3.05, 3.63) is 82.6 Å². The molecule has 174 valence electrons. The third kappa shape index (κ3) is 5.29. The molecule has 0 atom stereocenters. The van der Waals surface area contributed by atoms with Crippen LogP contribution in [0.25, 0.3) is 0 Å². The zero-order chi connectivity index (χ0) is 24.3. The number of rotatable bonds is 7. The van der Waals surface area contributed by atoms with Crippen LogP contribution >= 0.6 is 11.6 Å². The fourth-order valence-corrected chi connectivity index (χ4v) is 5.02. The second-order valence-electron chi connectivity index (χ2n) is 7.53. The Labute approximate surface area is 198 Å². The highest BCUT2D eigenvalue weighted by atomic mass is 35.5. The Morgan fingerprint density at radius 2 is 1.64 bits per heavy atom. The molecule has 6 nitrogen and oxygen atoms in total. The Morgan fingerprint density at radius 1 is 1.00 bits per heavy atom. The van der Waals surface area contributed by atoms with Crippen molar-refractivity contribution in [1.82, 2.24) is 0 Å². The number of carbonyl (C=O) groups excluding carboxylic acids is 1. The van der Waals surface area contributed by atoms with Crippen molar-refractivity contribution in [2.75, 3.05) is 29.9 Å². The summed E-state index contributed by atoms with van der Waals surface area (Å²) in [4.78, 5) is 14.3. The van der Waals surface area contributed by atoms with Crippen LogP contribution in [0.1, 0.15) is 11.1 Å². The lowest BCUT2D eigenvalue weighted by atomic mass is 10.2. The van der Waals surface area contributed by atoms with Crippen LogP contribution in [0.4, 0.5) is 15.8 Å². The van der Waals surface area contributed by atoms with E-state index in [1.807, 2.05) is 0 Å². The van der Waals surface area contributed by atoms with Crippen molar-refractivity contribution >= 4 is 38.9 Å². The van der Waals surface area contributed by atoms with Gasteiger partial charge >= 0.3 is 0 Å². The molecule has 0 fully saturated rings. The molecule has 0 N–H and O–H groups in total. The van der Waals surface area contributed by atoms with E-state index >= 15 is 0 Å². The molecule has 0 aliphatic carbocycles. The molecule has 0 saturated carbocycles. The Morgan fingerprint density at radius 3 is 2.24 bits per heavy atom. The number of aryl methyl sites for hydroxylation is 2. The SMILES string of the molecule is COc1ccc(C)cc1S(=O)(=O)N(CC(=O)N(C)c1ccc(F)cc1)c1ccc(C)c(Cl)c1. The van der Waals surface area contributed by atoms with Gasteiger partial charge in [0.25, 0.3) is 10.0 Å². The molecule has 0 bridgehead atoms. The lowest BCUT2D eigenvalue weighted by Crippen LogP contribution is -2.42. The summed E-state index contributed by atoms with van der Waals surface area (Å²) in [5, 5.41) is 0.364. The average molecular weight is 491 g/mol. The Balaban J connectivity index is 2.08. The number of benzene rings is 3. The monoisotopic (exact) mass is 490 g/mol. The molecule has 0 heterocycles. The van der Waals surface area contributed by atoms with Gasteiger partial charge in [0.1, 0.15) is 23.0 Å². The van der Waals surface area contributed by atoms with Crippen molar-refractivity contribution < 1.29 is 22.3 Å². The summed E-state index contributed by atoms with van der Waals surface area (Å²) in [7, 11) is -1.35. The molecule has 0 aliphatic rings. The Kier molecular flexibility index (Phi) is 7.29. The van der Waals surface area contributed by atoms with E-state index < -0.39 is 28.3 Å². The number of hydrogen-bond donors (Lipinski definition) is 0. The summed E-state index contributed by atoms with van der Waals surface area (Å²) in [5.74, 6) is -0.804. The summed E-state index contributed by atoms with van der Waals surface area (Å²) in [6.07, 6.45) is 0. The van der Waals surface area contributed by atoms with Crippen molar-refractivity contribution in [3.63, 3.8) is 0 Å². The predicted molar refractivity (Wildman–Crippen MR) is 128 cm³/mol. The second-order valence-corrected chi connectivity index (χ2v) is 9.77. The molecule has 0 saturated heterocycles. The van der Waals surface area contributed by atoms with Crippen LogP contribution < -0.4 is 13.9 Å². The van der Waals surface area contributed by atoms with E-state index in [9.17, 15) is 17.6 Å². The van der Waals surface area contributed by atoms with Crippen molar-refractivity contribution in [3.8, 4) is 5.75 Å². The van der Waals surface area contributed by atoms with Crippen LogP contribution in [0.3, 0.4) is 0 Å². The molecule has 33 heavy (non-hydrogen) atoms. The van der Waals surface area contributed by atoms with Gasteiger partial charge in [-0.2, -0.15) is 0 Å². The van der Waals surface area contributed by atoms with E-state index in [1.165, 1.54) is 55.5 Å². The van der Waals surface area contributed by atoms with Crippen LogP contribution in [0.15, 0.2) is 65.6 Å². The third-order valence-electron chi connectivity index (χ3n) is 5.20. The zero-order valence-corrected chi connectivity index (χ0v) is 20.2. The van der Waals surface area contributed by atoms with Crippen molar-refractivity contribution in [2.24, 2.45) is 0 Å². The van der Waals surface area contributed by atoms with Gasteiger partial charge < -0.3 is 9.64 Å². The highest BCUT2D eigenvalue weighted by molar-refractivity contribution is 7.93. The summed E-state index contributed by atoms with van der Waals surface area (Å²) in [6, 6.07) is 14.9. The number of hydrogen-bond acceptors (Lipinski definition) is 4. The molecular formula is C24H24ClFN2O4S. The van der Waals surface area contributed by atoms with Gasteiger partial charge in [0.05, 0.1) is 12.8 Å². The molecule has 0 unspecified atom stereocenters. The van der Waals surface area contributed by atoms with Crippen LogP contribution in [-0.4, -0.2) is 35.0 Å². The van der Waals surface area contributed by atoms with Gasteiger partial charge in [-0.05, 0) is 73.5 Å². The molecule has 0 aromatic heterocycles. The van der Waals surface area contributed by atoms with Crippen LogP contribution in [0.2, 0.25) is 5.02 Å². The maximum atomic E-state index is 13.8. The van der Waals surface area contributed by atoms with E-state index in [-0.39, 0.29) is 16.3 Å². The minimum Gasteiger partial charge on any atom is -0.495 e. The highest BCUT2D eigenvalue weighted by Gasteiger charge is 2.31. The predicted octanol–water partition coefficient (Wildman–Crippen LogP) is 4.96. The molecule has 3 aromatic rings. The lowest BCUT2D eigenvalue weighted by molar-refractivity contribution is -0.116. The molecule has 9 heteroatoms. The normalized spacial score (nSPS) is 11.2. The van der Waals surface area contributed by atoms with Crippen molar-refractivity contribution in [1.29, 1.82) is 0 Å². The molecule has 1 amide bonds. The molecule has 0 aliphatic heterocycles. The van der Waals surface area contributed by atoms with Crippen LogP contribution in [0, 0.1) is 19.7 Å². The maximum absolute atomic E-state index is 13.8. The number of ether oxygens (including phenoxy) is 1. The van der Waals surface area contributed by atoms with E-state index in [0.29, 0.717) is 16.3 Å². The largest absolute Gasteiger partial charge is 0.495 e. The third-order valence-corrected chi connectivity index (χ3v) is 7.40. The topological polar surface area (TPSA) is 66.9 Å². The van der Waals surface area contributed by atoms with Crippen LogP contribution in [0.5, 0.6) is 5.75 Å². The van der Waals surface area contributed by atoms with Crippen molar-refractivity contribution in [2.45, 2.75) is 18.7 Å². The molecular weight excluding hydrogens is 467 g/mol. The molecule has 0 radical (unpaired) electrons. The summed E-state index contributed by atoms with van der Waals surface area (Å²) in [6.45, 7) is 3.05. The van der Waals surface area contributed by atoms with Crippen LogP contribution in [-0.2, 0) is 14.8 Å². The number of carbonyl (C=O) groups is 1. The fourth-order valence-electron chi connectivity index (χ4n) is 3.19. The number of amides is 1. The quantitative estimate of drug-likeness (QED) is 0.469. The first-order valence-electron chi connectivity index (χ1n) is 10.00. The van der Waals surface area contributed by atoms with Gasteiger partial charge in [-0.25, -0.2) is 12.8 Å². The van der Waals surface area contributed by atoms with Gasteiger partial charge in [0, 0.05) is 17.8 Å². The number of likely N-dealkylation sites (N-methyl/N-ethyl adjacent to an activating group) is 1. The van der Waals surface area contributed by atoms with E-state index in [2.05, 4.69) is 0 Å². The number of anilines is 2. The number of halogens is 2. The number of nitrogens with zero attached hydrogens (tertiary/aromatic N) is 2. The van der Waals surface area contributed by atoms with Gasteiger partial charge in [-0.3, -0.25) is 9.10 Å². The minimum absolute atomic E-state index is 0.0704. The summed E-state index contributed by atoms with van der Waals surface area (Å²) >= 11 is 6.27. The van der Waals surface area contributed by atoms with Gasteiger partial charge in [0.15, 0.2) is 0 Å². The molecule has 0 spiro atoms. The Bertz CT molecular complexity index is 1280. The van der Waals surface area contributed by atoms with Gasteiger partial charge in [0.2, 0.25) is 5.91 Å². The van der Waals surface area contributed by atoms with E-state index in [1.54, 1.807) is 38.1 Å². The summed E-state index contributed by atoms with van der Waals surface area (Å²) in [5.41, 5.74) is 2.13. The molecule has 3 aromatic carbocycles. The number of sulfonamides is 1. The first-order chi connectivity index (χ1) is 15.5. The molecule has 3 rings (SSSR count). The second kappa shape index (κ2) is 9.80. The average Bonchev–Trinajstić information content (AvgIpc) is 2.79. The maximum Gasteiger partial charge on any atom is 0.268 e. The number of methoxy groups -OCH3 is 1. The fraction of sp³-hybridized carbons (Fsp3) is 0.208. The van der Waals surface area contributed by atoms with Gasteiger partial charge in [-0.15, -0.1) is 0 Å². The first kappa shape index (κ1) is 24.5. The Hall–Kier alpha value is -3.10. The highest BCUT2D eigenvalue weighted by Crippen LogP contribution is 2.33. The van der Waals surface area contributed by atoms with E-state index in [4.69, 9.17) is 16.3 Å². The van der Waals surface area contributed by atoms with Gasteiger partial charge in [-0.1, -0.05) is 23.7 Å². The smallest absolute Gasteiger partial charge is 0.268 e. The minimum atomic E-state index is -4.22. The lowest BCUT2D eigenvalue weighted by Gasteiger charge is -2.27. The van der Waals surface area contributed by atoms with E-state index in [0.717, 1.165) is 9.87 Å².